The number of hydrogen-bond acceptors (Lipinski definition) is 2. The highest BCUT2D eigenvalue weighted by Crippen LogP contribution is 2.27. The third-order valence-corrected chi connectivity index (χ3v) is 3.23. The molecule has 1 aliphatic heterocycles. The number of aryl methyl sites for hydroxylation is 1. The van der Waals surface area contributed by atoms with E-state index in [0.717, 1.165) is 17.8 Å². The smallest absolute Gasteiger partial charge is 0.109 e. The molecule has 0 aromatic carbocycles. The second-order valence-electron chi connectivity index (χ2n) is 4.41. The number of hydrogen-bond donors (Lipinski definition) is 0. The normalized spacial score (nSPS) is 19.4. The lowest BCUT2D eigenvalue weighted by Crippen LogP contribution is -2.14. The van der Waals surface area contributed by atoms with Crippen LogP contribution in [0.4, 0.5) is 0 Å². The summed E-state index contributed by atoms with van der Waals surface area (Å²) >= 11 is 0. The lowest BCUT2D eigenvalue weighted by atomic mass is 10.1. The van der Waals surface area contributed by atoms with Crippen molar-refractivity contribution in [3.63, 3.8) is 0 Å². The van der Waals surface area contributed by atoms with Crippen molar-refractivity contribution in [1.29, 1.82) is 0 Å². The molecular formula is C13H15N3. The number of pyridine rings is 1. The fourth-order valence-electron chi connectivity index (χ4n) is 2.33. The molecule has 0 fully saturated rings. The first-order chi connectivity index (χ1) is 7.84. The van der Waals surface area contributed by atoms with Crippen LogP contribution >= 0.6 is 0 Å². The zero-order chi connectivity index (χ0) is 11.0. The Labute approximate surface area is 95.2 Å². The van der Waals surface area contributed by atoms with Crippen LogP contribution in [0.2, 0.25) is 0 Å². The molecule has 2 aromatic heterocycles. The second kappa shape index (κ2) is 3.74. The lowest BCUT2D eigenvalue weighted by Gasteiger charge is -2.20. The van der Waals surface area contributed by atoms with Crippen molar-refractivity contribution in [2.75, 3.05) is 0 Å². The average molecular weight is 213 g/mol. The lowest BCUT2D eigenvalue weighted by molar-refractivity contribution is 0.426. The van der Waals surface area contributed by atoms with Gasteiger partial charge in [-0.3, -0.25) is 4.98 Å². The predicted molar refractivity (Wildman–Crippen MR) is 63.1 cm³/mol. The first-order valence-corrected chi connectivity index (χ1v) is 5.84. The Morgan fingerprint density at radius 1 is 1.31 bits per heavy atom. The van der Waals surface area contributed by atoms with Crippen molar-refractivity contribution in [3.8, 4) is 11.4 Å². The Morgan fingerprint density at radius 2 is 2.25 bits per heavy atom. The topological polar surface area (TPSA) is 30.7 Å². The Morgan fingerprint density at radius 3 is 3.00 bits per heavy atom. The summed E-state index contributed by atoms with van der Waals surface area (Å²) in [7, 11) is 0. The maximum atomic E-state index is 4.67. The fourth-order valence-corrected chi connectivity index (χ4v) is 2.33. The molecule has 0 spiro atoms. The predicted octanol–water partition coefficient (Wildman–Crippen LogP) is 2.84. The van der Waals surface area contributed by atoms with Crippen molar-refractivity contribution >= 4 is 0 Å². The van der Waals surface area contributed by atoms with E-state index in [9.17, 15) is 0 Å². The second-order valence-corrected chi connectivity index (χ2v) is 4.41. The van der Waals surface area contributed by atoms with Gasteiger partial charge in [0.05, 0.1) is 5.69 Å². The Hall–Kier alpha value is -1.64. The molecule has 1 aliphatic rings. The van der Waals surface area contributed by atoms with Crippen LogP contribution in [0.5, 0.6) is 0 Å². The number of imidazole rings is 1. The van der Waals surface area contributed by atoms with Crippen molar-refractivity contribution < 1.29 is 0 Å². The van der Waals surface area contributed by atoms with Crippen molar-refractivity contribution in [1.82, 2.24) is 14.5 Å². The zero-order valence-corrected chi connectivity index (χ0v) is 9.43. The Bertz CT molecular complexity index is 487. The largest absolute Gasteiger partial charge is 0.331 e. The molecule has 0 radical (unpaired) electrons. The van der Waals surface area contributed by atoms with Gasteiger partial charge in [-0.05, 0) is 31.9 Å². The molecule has 82 valence electrons. The first kappa shape index (κ1) is 9.58. The quantitative estimate of drug-likeness (QED) is 0.729. The molecule has 0 aliphatic carbocycles. The number of nitrogens with zero attached hydrogens (tertiary/aromatic N) is 3. The van der Waals surface area contributed by atoms with Gasteiger partial charge in [0, 0.05) is 24.9 Å². The van der Waals surface area contributed by atoms with Gasteiger partial charge in [-0.1, -0.05) is 6.07 Å². The third kappa shape index (κ3) is 1.52. The molecule has 16 heavy (non-hydrogen) atoms. The highest BCUT2D eigenvalue weighted by molar-refractivity contribution is 5.53. The monoisotopic (exact) mass is 213 g/mol. The van der Waals surface area contributed by atoms with E-state index in [1.807, 2.05) is 24.4 Å². The molecule has 3 heteroatoms. The highest BCUT2D eigenvalue weighted by Gasteiger charge is 2.18. The summed E-state index contributed by atoms with van der Waals surface area (Å²) < 4.78 is 2.30. The van der Waals surface area contributed by atoms with Gasteiger partial charge >= 0.3 is 0 Å². The maximum Gasteiger partial charge on any atom is 0.109 e. The molecule has 1 atom stereocenters. The number of fused-ring (bicyclic) bond motifs is 1. The van der Waals surface area contributed by atoms with Crippen molar-refractivity contribution in [3.05, 3.63) is 36.4 Å². The highest BCUT2D eigenvalue weighted by atomic mass is 15.1. The summed E-state index contributed by atoms with van der Waals surface area (Å²) in [6.45, 7) is 2.26. The SMILES string of the molecule is CC1CCCc2nc(-c3ccccn3)cn21. The van der Waals surface area contributed by atoms with Crippen LogP contribution in [0, 0.1) is 0 Å². The first-order valence-electron chi connectivity index (χ1n) is 5.84. The van der Waals surface area contributed by atoms with Crippen LogP contribution in [0.15, 0.2) is 30.6 Å². The van der Waals surface area contributed by atoms with E-state index in [4.69, 9.17) is 0 Å². The van der Waals surface area contributed by atoms with E-state index in [-0.39, 0.29) is 0 Å². The minimum Gasteiger partial charge on any atom is -0.331 e. The van der Waals surface area contributed by atoms with E-state index in [1.54, 1.807) is 0 Å². The van der Waals surface area contributed by atoms with Crippen LogP contribution in [0.3, 0.4) is 0 Å². The van der Waals surface area contributed by atoms with E-state index in [1.165, 1.54) is 18.7 Å². The van der Waals surface area contributed by atoms with Gasteiger partial charge in [0.25, 0.3) is 0 Å². The molecule has 0 bridgehead atoms. The minimum absolute atomic E-state index is 0.578. The molecule has 0 N–H and O–H groups in total. The van der Waals surface area contributed by atoms with Crippen LogP contribution in [0.25, 0.3) is 11.4 Å². The summed E-state index contributed by atoms with van der Waals surface area (Å²) in [5, 5.41) is 0. The summed E-state index contributed by atoms with van der Waals surface area (Å²) in [5.74, 6) is 1.21. The average Bonchev–Trinajstić information content (AvgIpc) is 2.76. The third-order valence-electron chi connectivity index (χ3n) is 3.23. The fraction of sp³-hybridized carbons (Fsp3) is 0.385. The van der Waals surface area contributed by atoms with E-state index in [0.29, 0.717) is 6.04 Å². The Kier molecular flexibility index (Phi) is 2.24. The van der Waals surface area contributed by atoms with E-state index in [2.05, 4.69) is 27.7 Å². The summed E-state index contributed by atoms with van der Waals surface area (Å²) in [5.41, 5.74) is 1.97. The minimum atomic E-state index is 0.578. The molecule has 0 saturated heterocycles. The molecule has 2 aromatic rings. The van der Waals surface area contributed by atoms with Crippen LogP contribution in [-0.4, -0.2) is 14.5 Å². The number of rotatable bonds is 1. The van der Waals surface area contributed by atoms with Crippen LogP contribution in [0.1, 0.15) is 31.6 Å². The molecule has 3 heterocycles. The van der Waals surface area contributed by atoms with Gasteiger partial charge in [0.1, 0.15) is 11.5 Å². The Balaban J connectivity index is 2.05. The van der Waals surface area contributed by atoms with E-state index < -0.39 is 0 Å². The molecule has 3 rings (SSSR count). The van der Waals surface area contributed by atoms with Crippen LogP contribution in [-0.2, 0) is 6.42 Å². The zero-order valence-electron chi connectivity index (χ0n) is 9.43. The molecular weight excluding hydrogens is 198 g/mol. The number of aromatic nitrogens is 3. The standard InChI is InChI=1S/C13H15N3/c1-10-5-4-7-13-15-12(9-16(10)13)11-6-2-3-8-14-11/h2-3,6,8-10H,4-5,7H2,1H3. The van der Waals surface area contributed by atoms with Gasteiger partial charge in [-0.2, -0.15) is 0 Å². The molecule has 3 nitrogen and oxygen atoms in total. The molecule has 0 saturated carbocycles. The summed E-state index contributed by atoms with van der Waals surface area (Å²) in [6, 6.07) is 6.53. The summed E-state index contributed by atoms with van der Waals surface area (Å²) in [4.78, 5) is 9.01. The molecule has 0 amide bonds. The van der Waals surface area contributed by atoms with Crippen molar-refractivity contribution in [2.24, 2.45) is 0 Å². The van der Waals surface area contributed by atoms with E-state index >= 15 is 0 Å². The van der Waals surface area contributed by atoms with Crippen molar-refractivity contribution in [2.45, 2.75) is 32.2 Å². The van der Waals surface area contributed by atoms with Crippen LogP contribution < -0.4 is 0 Å². The van der Waals surface area contributed by atoms with Gasteiger partial charge in [-0.25, -0.2) is 4.98 Å². The van der Waals surface area contributed by atoms with Gasteiger partial charge in [0.15, 0.2) is 0 Å². The van der Waals surface area contributed by atoms with Gasteiger partial charge in [0.2, 0.25) is 0 Å². The van der Waals surface area contributed by atoms with Gasteiger partial charge in [-0.15, -0.1) is 0 Å². The molecule has 1 unspecified atom stereocenters. The maximum absolute atomic E-state index is 4.67. The van der Waals surface area contributed by atoms with Gasteiger partial charge < -0.3 is 4.57 Å². The summed E-state index contributed by atoms with van der Waals surface area (Å²) in [6.07, 6.45) is 7.56.